The second kappa shape index (κ2) is 13.2. The Bertz CT molecular complexity index is 4090. The van der Waals surface area contributed by atoms with Crippen LogP contribution in [0.1, 0.15) is 25.0 Å². The van der Waals surface area contributed by atoms with E-state index >= 15 is 0 Å². The predicted octanol–water partition coefficient (Wildman–Crippen LogP) is 18.0. The molecule has 2 heterocycles. The SMILES string of the molecule is CC1(C)c2ccccc2-c2ccc(N(c3ccc4c(c3)oc3c(-c5cccc6c5sc5ccccc56)c5ccccc5cc34)c3ccc4c5ccccc5c5ccccc5c4c3)cc21. The van der Waals surface area contributed by atoms with Gasteiger partial charge in [-0.2, -0.15) is 0 Å². The van der Waals surface area contributed by atoms with Gasteiger partial charge in [-0.3, -0.25) is 0 Å². The maximum Gasteiger partial charge on any atom is 0.143 e. The largest absolute Gasteiger partial charge is 0.455 e. The van der Waals surface area contributed by atoms with Gasteiger partial charge in [0, 0.05) is 70.6 Å². The summed E-state index contributed by atoms with van der Waals surface area (Å²) in [5, 5.41) is 14.8. The van der Waals surface area contributed by atoms with Crippen LogP contribution in [0.25, 0.3) is 107 Å². The molecule has 0 radical (unpaired) electrons. The Morgan fingerprint density at radius 3 is 1.75 bits per heavy atom. The fourth-order valence-electron chi connectivity index (χ4n) is 11.2. The van der Waals surface area contributed by atoms with Crippen molar-refractivity contribution in [3.05, 3.63) is 211 Å². The van der Waals surface area contributed by atoms with Crippen molar-refractivity contribution < 1.29 is 4.42 Å². The van der Waals surface area contributed by atoms with E-state index in [0.717, 1.165) is 44.6 Å². The number of hydrogen-bond donors (Lipinski definition) is 0. The highest BCUT2D eigenvalue weighted by Crippen LogP contribution is 2.52. The summed E-state index contributed by atoms with van der Waals surface area (Å²) in [7, 11) is 0. The maximum absolute atomic E-state index is 7.24. The zero-order valence-corrected chi connectivity index (χ0v) is 36.1. The van der Waals surface area contributed by atoms with Crippen LogP contribution in [0.5, 0.6) is 0 Å². The molecule has 1 aliphatic carbocycles. The summed E-state index contributed by atoms with van der Waals surface area (Å²) in [6.07, 6.45) is 0. The molecule has 0 fully saturated rings. The number of rotatable bonds is 4. The van der Waals surface area contributed by atoms with Crippen molar-refractivity contribution in [1.82, 2.24) is 0 Å². The highest BCUT2D eigenvalue weighted by Gasteiger charge is 2.36. The van der Waals surface area contributed by atoms with Crippen LogP contribution in [0.15, 0.2) is 205 Å². The molecule has 3 heteroatoms. The minimum atomic E-state index is -0.148. The fraction of sp³-hybridized carbons (Fsp3) is 0.0492. The molecule has 0 unspecified atom stereocenters. The summed E-state index contributed by atoms with van der Waals surface area (Å²) >= 11 is 1.87. The first kappa shape index (κ1) is 35.8. The Kier molecular flexibility index (Phi) is 7.36. The van der Waals surface area contributed by atoms with E-state index in [4.69, 9.17) is 4.42 Å². The molecule has 0 spiro atoms. The van der Waals surface area contributed by atoms with Crippen LogP contribution >= 0.6 is 11.3 Å². The molecule has 1 aliphatic rings. The number of furan rings is 1. The van der Waals surface area contributed by atoms with Gasteiger partial charge in [0.15, 0.2) is 0 Å². The lowest BCUT2D eigenvalue weighted by atomic mass is 9.82. The summed E-state index contributed by atoms with van der Waals surface area (Å²) in [4.78, 5) is 2.44. The molecule has 13 aromatic rings. The molecule has 0 aliphatic heterocycles. The third kappa shape index (κ3) is 4.96. The molecule has 2 nitrogen and oxygen atoms in total. The van der Waals surface area contributed by atoms with Gasteiger partial charge < -0.3 is 9.32 Å². The molecule has 64 heavy (non-hydrogen) atoms. The molecule has 0 amide bonds. The molecule has 0 bridgehead atoms. The molecule has 0 saturated carbocycles. The standard InChI is InChI=1S/C61H39NOS/c1-61(2)54-24-11-9-20-46(54)47-30-27-38(34-55(47)61)62(37-26-29-45-43-18-6-5-16-41(43)42-17-7-8-19-44(42)52(45)33-37)39-28-31-48-53-32-36-14-3-4-15-40(36)58(59(53)63-56(48)35-39)51-23-13-22-50-49-21-10-12-25-57(49)64-60(50)51/h3-35H,1-2H3. The number of nitrogens with zero attached hydrogens (tertiary/aromatic N) is 1. The van der Waals surface area contributed by atoms with Crippen molar-refractivity contribution in [2.75, 3.05) is 4.90 Å². The van der Waals surface area contributed by atoms with Gasteiger partial charge in [-0.15, -0.1) is 11.3 Å². The van der Waals surface area contributed by atoms with E-state index in [0.29, 0.717) is 0 Å². The molecule has 2 aromatic heterocycles. The molecule has 300 valence electrons. The summed E-state index contributed by atoms with van der Waals surface area (Å²) in [5.74, 6) is 0. The lowest BCUT2D eigenvalue weighted by Crippen LogP contribution is -2.16. The number of hydrogen-bond acceptors (Lipinski definition) is 3. The number of anilines is 3. The Hall–Kier alpha value is -7.72. The van der Waals surface area contributed by atoms with Gasteiger partial charge in [0.1, 0.15) is 11.2 Å². The molecular weight excluding hydrogens is 795 g/mol. The normalized spacial score (nSPS) is 13.3. The molecular formula is C61H39NOS. The van der Waals surface area contributed by atoms with E-state index in [-0.39, 0.29) is 5.41 Å². The third-order valence-corrected chi connectivity index (χ3v) is 15.4. The van der Waals surface area contributed by atoms with Crippen LogP contribution in [-0.4, -0.2) is 0 Å². The van der Waals surface area contributed by atoms with Crippen LogP contribution in [0.3, 0.4) is 0 Å². The smallest absolute Gasteiger partial charge is 0.143 e. The minimum Gasteiger partial charge on any atom is -0.455 e. The summed E-state index contributed by atoms with van der Waals surface area (Å²) < 4.78 is 9.82. The van der Waals surface area contributed by atoms with Crippen LogP contribution in [0.2, 0.25) is 0 Å². The van der Waals surface area contributed by atoms with Gasteiger partial charge in [0.25, 0.3) is 0 Å². The summed E-state index contributed by atoms with van der Waals surface area (Å²) in [6.45, 7) is 4.72. The quantitative estimate of drug-likeness (QED) is 0.164. The molecule has 0 saturated heterocycles. The second-order valence-corrected chi connectivity index (χ2v) is 19.0. The lowest BCUT2D eigenvalue weighted by molar-refractivity contribution is 0.660. The molecule has 11 aromatic carbocycles. The summed E-state index contributed by atoms with van der Waals surface area (Å²) in [5.41, 5.74) is 12.6. The van der Waals surface area contributed by atoms with Crippen molar-refractivity contribution in [3.63, 3.8) is 0 Å². The van der Waals surface area contributed by atoms with E-state index in [1.165, 1.54) is 91.1 Å². The van der Waals surface area contributed by atoms with E-state index < -0.39 is 0 Å². The molecule has 14 rings (SSSR count). The molecule has 0 atom stereocenters. The Morgan fingerprint density at radius 1 is 0.391 bits per heavy atom. The van der Waals surface area contributed by atoms with Crippen LogP contribution in [-0.2, 0) is 5.41 Å². The first-order valence-electron chi connectivity index (χ1n) is 22.2. The van der Waals surface area contributed by atoms with E-state index in [2.05, 4.69) is 219 Å². The van der Waals surface area contributed by atoms with Crippen LogP contribution in [0.4, 0.5) is 17.1 Å². The number of fused-ring (bicyclic) bond motifs is 16. The highest BCUT2D eigenvalue weighted by atomic mass is 32.1. The van der Waals surface area contributed by atoms with Crippen molar-refractivity contribution >= 4 is 114 Å². The topological polar surface area (TPSA) is 16.4 Å². The fourth-order valence-corrected chi connectivity index (χ4v) is 12.4. The number of thiophene rings is 1. The van der Waals surface area contributed by atoms with E-state index in [1.807, 2.05) is 11.3 Å². The Morgan fingerprint density at radius 2 is 0.953 bits per heavy atom. The first-order valence-corrected chi connectivity index (χ1v) is 23.0. The van der Waals surface area contributed by atoms with Gasteiger partial charge in [-0.1, -0.05) is 159 Å². The average Bonchev–Trinajstić information content (AvgIpc) is 3.98. The van der Waals surface area contributed by atoms with Crippen LogP contribution < -0.4 is 4.90 Å². The van der Waals surface area contributed by atoms with Gasteiger partial charge in [-0.05, 0) is 114 Å². The zero-order valence-electron chi connectivity index (χ0n) is 35.3. The number of benzene rings is 11. The van der Waals surface area contributed by atoms with E-state index in [1.54, 1.807) is 0 Å². The lowest BCUT2D eigenvalue weighted by Gasteiger charge is -2.28. The van der Waals surface area contributed by atoms with Crippen molar-refractivity contribution in [3.8, 4) is 22.3 Å². The monoisotopic (exact) mass is 833 g/mol. The first-order chi connectivity index (χ1) is 31.5. The average molecular weight is 834 g/mol. The Balaban J connectivity index is 1.03. The van der Waals surface area contributed by atoms with Crippen LogP contribution in [0, 0.1) is 0 Å². The minimum absolute atomic E-state index is 0.148. The van der Waals surface area contributed by atoms with E-state index in [9.17, 15) is 0 Å². The Labute approximate surface area is 373 Å². The van der Waals surface area contributed by atoms with Crippen molar-refractivity contribution in [1.29, 1.82) is 0 Å². The van der Waals surface area contributed by atoms with Gasteiger partial charge in [0.2, 0.25) is 0 Å². The van der Waals surface area contributed by atoms with Gasteiger partial charge >= 0.3 is 0 Å². The van der Waals surface area contributed by atoms with Gasteiger partial charge in [0.05, 0.1) is 0 Å². The van der Waals surface area contributed by atoms with Crippen molar-refractivity contribution in [2.45, 2.75) is 19.3 Å². The second-order valence-electron chi connectivity index (χ2n) is 18.0. The van der Waals surface area contributed by atoms with Gasteiger partial charge in [-0.25, -0.2) is 0 Å². The van der Waals surface area contributed by atoms with Crippen molar-refractivity contribution in [2.24, 2.45) is 0 Å². The summed E-state index contributed by atoms with van der Waals surface area (Å²) in [6, 6.07) is 74.1. The zero-order chi connectivity index (χ0) is 42.3. The predicted molar refractivity (Wildman–Crippen MR) is 274 cm³/mol. The third-order valence-electron chi connectivity index (χ3n) is 14.2. The maximum atomic E-state index is 7.24. The highest BCUT2D eigenvalue weighted by molar-refractivity contribution is 7.26. The molecule has 0 N–H and O–H groups in total.